The van der Waals surface area contributed by atoms with Gasteiger partial charge in [-0.05, 0) is 42.3 Å². The Labute approximate surface area is 163 Å². The van der Waals surface area contributed by atoms with Crippen LogP contribution in [0.4, 0.5) is 5.69 Å². The number of nitrogens with one attached hydrogen (secondary N) is 1. The van der Waals surface area contributed by atoms with Gasteiger partial charge in [0.1, 0.15) is 12.3 Å². The van der Waals surface area contributed by atoms with Crippen LogP contribution in [0.5, 0.6) is 0 Å². The summed E-state index contributed by atoms with van der Waals surface area (Å²) in [5.41, 5.74) is 5.64. The molecule has 0 aliphatic carbocycles. The predicted octanol–water partition coefficient (Wildman–Crippen LogP) is 4.47. The van der Waals surface area contributed by atoms with Gasteiger partial charge in [-0.3, -0.25) is 4.79 Å². The number of fused-ring (bicyclic) bond motifs is 1. The highest BCUT2D eigenvalue weighted by Gasteiger charge is 2.07. The highest BCUT2D eigenvalue weighted by molar-refractivity contribution is 5.92. The summed E-state index contributed by atoms with van der Waals surface area (Å²) in [6.07, 6.45) is 3.98. The average molecular weight is 371 g/mol. The lowest BCUT2D eigenvalue weighted by Crippen LogP contribution is -2.18. The minimum atomic E-state index is -0.182. The topological polar surface area (TPSA) is 55.6 Å². The number of imidazole rings is 1. The van der Waals surface area contributed by atoms with Crippen molar-refractivity contribution in [2.24, 2.45) is 0 Å². The Hall–Kier alpha value is -3.44. The molecule has 0 atom stereocenters. The molecule has 0 bridgehead atoms. The van der Waals surface area contributed by atoms with Crippen LogP contribution in [0.3, 0.4) is 0 Å². The molecule has 1 N–H and O–H groups in total. The Morgan fingerprint density at radius 2 is 1.93 bits per heavy atom. The van der Waals surface area contributed by atoms with Crippen molar-refractivity contribution in [3.63, 3.8) is 0 Å². The van der Waals surface area contributed by atoms with E-state index in [0.29, 0.717) is 6.61 Å². The van der Waals surface area contributed by atoms with E-state index in [0.717, 1.165) is 28.2 Å². The van der Waals surface area contributed by atoms with Crippen LogP contribution < -0.4 is 5.32 Å². The number of pyridine rings is 1. The van der Waals surface area contributed by atoms with E-state index >= 15 is 0 Å². The number of anilines is 1. The molecule has 140 valence electrons. The lowest BCUT2D eigenvalue weighted by molar-refractivity contribution is -0.121. The number of aryl methyl sites for hydroxylation is 1. The standard InChI is InChI=1S/C23H21N3O2/c1-17-10-11-26-14-21(25-22(26)12-17)19-8-5-9-20(13-19)24-23(27)16-28-15-18-6-3-2-4-7-18/h2-14H,15-16H2,1H3,(H,24,27). The molecule has 0 radical (unpaired) electrons. The van der Waals surface area contributed by atoms with E-state index in [9.17, 15) is 4.79 Å². The second-order valence-corrected chi connectivity index (χ2v) is 6.70. The molecular formula is C23H21N3O2. The van der Waals surface area contributed by atoms with Gasteiger partial charge in [-0.15, -0.1) is 0 Å². The van der Waals surface area contributed by atoms with Crippen molar-refractivity contribution in [1.29, 1.82) is 0 Å². The van der Waals surface area contributed by atoms with Crippen molar-refractivity contribution < 1.29 is 9.53 Å². The Morgan fingerprint density at radius 3 is 2.79 bits per heavy atom. The van der Waals surface area contributed by atoms with Crippen molar-refractivity contribution in [2.45, 2.75) is 13.5 Å². The zero-order chi connectivity index (χ0) is 19.3. The Kier molecular flexibility index (Phi) is 5.17. The number of aromatic nitrogens is 2. The third-order valence-electron chi connectivity index (χ3n) is 4.40. The summed E-state index contributed by atoms with van der Waals surface area (Å²) in [6, 6.07) is 21.5. The van der Waals surface area contributed by atoms with Gasteiger partial charge in [0.15, 0.2) is 0 Å². The summed E-state index contributed by atoms with van der Waals surface area (Å²) >= 11 is 0. The number of carbonyl (C=O) groups excluding carboxylic acids is 1. The van der Waals surface area contributed by atoms with Gasteiger partial charge in [-0.2, -0.15) is 0 Å². The summed E-state index contributed by atoms with van der Waals surface area (Å²) in [5, 5.41) is 2.88. The van der Waals surface area contributed by atoms with Crippen LogP contribution in [0.25, 0.3) is 16.9 Å². The number of rotatable bonds is 6. The Bertz CT molecular complexity index is 1100. The van der Waals surface area contributed by atoms with Crippen LogP contribution in [0.1, 0.15) is 11.1 Å². The lowest BCUT2D eigenvalue weighted by atomic mass is 10.1. The minimum Gasteiger partial charge on any atom is -0.367 e. The van der Waals surface area contributed by atoms with E-state index in [4.69, 9.17) is 4.74 Å². The maximum absolute atomic E-state index is 12.2. The highest BCUT2D eigenvalue weighted by Crippen LogP contribution is 2.23. The minimum absolute atomic E-state index is 0.00671. The van der Waals surface area contributed by atoms with Gasteiger partial charge in [0.05, 0.1) is 12.3 Å². The molecule has 0 saturated carbocycles. The molecule has 5 heteroatoms. The van der Waals surface area contributed by atoms with E-state index in [1.54, 1.807) is 0 Å². The molecule has 4 aromatic rings. The first-order valence-electron chi connectivity index (χ1n) is 9.15. The predicted molar refractivity (Wildman–Crippen MR) is 110 cm³/mol. The van der Waals surface area contributed by atoms with Gasteiger partial charge in [0, 0.05) is 23.6 Å². The summed E-state index contributed by atoms with van der Waals surface area (Å²) in [5.74, 6) is -0.182. The Balaban J connectivity index is 1.40. The molecule has 0 saturated heterocycles. The van der Waals surface area contributed by atoms with Crippen LogP contribution in [0.15, 0.2) is 79.1 Å². The summed E-state index contributed by atoms with van der Waals surface area (Å²) in [6.45, 7) is 2.46. The molecule has 2 aromatic carbocycles. The fourth-order valence-corrected chi connectivity index (χ4v) is 3.01. The van der Waals surface area contributed by atoms with Gasteiger partial charge in [0.25, 0.3) is 0 Å². The monoisotopic (exact) mass is 371 g/mol. The largest absolute Gasteiger partial charge is 0.367 e. The van der Waals surface area contributed by atoms with E-state index in [1.165, 1.54) is 5.56 Å². The summed E-state index contributed by atoms with van der Waals surface area (Å²) in [7, 11) is 0. The van der Waals surface area contributed by atoms with Crippen LogP contribution >= 0.6 is 0 Å². The summed E-state index contributed by atoms with van der Waals surface area (Å²) < 4.78 is 7.48. The molecule has 0 aliphatic heterocycles. The first kappa shape index (κ1) is 17.9. The van der Waals surface area contributed by atoms with Crippen molar-refractivity contribution in [2.75, 3.05) is 11.9 Å². The fraction of sp³-hybridized carbons (Fsp3) is 0.130. The average Bonchev–Trinajstić information content (AvgIpc) is 3.12. The third kappa shape index (κ3) is 4.27. The smallest absolute Gasteiger partial charge is 0.250 e. The number of ether oxygens (including phenoxy) is 1. The van der Waals surface area contributed by atoms with Crippen LogP contribution in [-0.2, 0) is 16.1 Å². The molecule has 0 aliphatic rings. The van der Waals surface area contributed by atoms with Crippen LogP contribution in [0.2, 0.25) is 0 Å². The SMILES string of the molecule is Cc1ccn2cc(-c3cccc(NC(=O)COCc4ccccc4)c3)nc2c1. The van der Waals surface area contributed by atoms with Gasteiger partial charge < -0.3 is 14.5 Å². The number of hydrogen-bond acceptors (Lipinski definition) is 3. The van der Waals surface area contributed by atoms with E-state index < -0.39 is 0 Å². The molecule has 4 rings (SSSR count). The number of carbonyl (C=O) groups is 1. The van der Waals surface area contributed by atoms with E-state index in [-0.39, 0.29) is 12.5 Å². The fourth-order valence-electron chi connectivity index (χ4n) is 3.01. The quantitative estimate of drug-likeness (QED) is 0.544. The highest BCUT2D eigenvalue weighted by atomic mass is 16.5. The second kappa shape index (κ2) is 8.06. The number of benzene rings is 2. The molecule has 0 fully saturated rings. The third-order valence-corrected chi connectivity index (χ3v) is 4.40. The maximum atomic E-state index is 12.2. The van der Waals surface area contributed by atoms with Crippen LogP contribution in [-0.4, -0.2) is 21.9 Å². The van der Waals surface area contributed by atoms with Crippen molar-refractivity contribution in [3.8, 4) is 11.3 Å². The molecule has 28 heavy (non-hydrogen) atoms. The second-order valence-electron chi connectivity index (χ2n) is 6.70. The van der Waals surface area contributed by atoms with Gasteiger partial charge in [0.2, 0.25) is 5.91 Å². The normalized spacial score (nSPS) is 10.9. The van der Waals surface area contributed by atoms with E-state index in [2.05, 4.69) is 10.3 Å². The van der Waals surface area contributed by atoms with E-state index in [1.807, 2.05) is 90.4 Å². The molecule has 1 amide bonds. The number of nitrogens with zero attached hydrogens (tertiary/aromatic N) is 2. The molecule has 2 heterocycles. The molecule has 2 aromatic heterocycles. The van der Waals surface area contributed by atoms with Crippen molar-refractivity contribution in [3.05, 3.63) is 90.3 Å². The number of amides is 1. The van der Waals surface area contributed by atoms with Crippen molar-refractivity contribution in [1.82, 2.24) is 9.38 Å². The first-order valence-corrected chi connectivity index (χ1v) is 9.15. The van der Waals surface area contributed by atoms with Gasteiger partial charge in [-0.25, -0.2) is 4.98 Å². The molecule has 0 unspecified atom stereocenters. The van der Waals surface area contributed by atoms with Crippen molar-refractivity contribution >= 4 is 17.2 Å². The van der Waals surface area contributed by atoms with Gasteiger partial charge >= 0.3 is 0 Å². The maximum Gasteiger partial charge on any atom is 0.250 e. The lowest BCUT2D eigenvalue weighted by Gasteiger charge is -2.07. The number of hydrogen-bond donors (Lipinski definition) is 1. The molecular weight excluding hydrogens is 350 g/mol. The Morgan fingerprint density at radius 1 is 1.07 bits per heavy atom. The first-order chi connectivity index (χ1) is 13.7. The van der Waals surface area contributed by atoms with Gasteiger partial charge in [-0.1, -0.05) is 42.5 Å². The molecule has 0 spiro atoms. The summed E-state index contributed by atoms with van der Waals surface area (Å²) in [4.78, 5) is 16.8. The zero-order valence-corrected chi connectivity index (χ0v) is 15.6. The molecule has 5 nitrogen and oxygen atoms in total. The zero-order valence-electron chi connectivity index (χ0n) is 15.6. The van der Waals surface area contributed by atoms with Crippen LogP contribution in [0, 0.1) is 6.92 Å².